The highest BCUT2D eigenvalue weighted by Gasteiger charge is 2.23. The lowest BCUT2D eigenvalue weighted by Crippen LogP contribution is -1.94. The molecule has 1 aliphatic heterocycles. The summed E-state index contributed by atoms with van der Waals surface area (Å²) in [5, 5.41) is 9.02. The first-order valence-electron chi connectivity index (χ1n) is 6.16. The highest BCUT2D eigenvalue weighted by Crippen LogP contribution is 2.40. The van der Waals surface area contributed by atoms with Crippen LogP contribution in [-0.4, -0.2) is 4.98 Å². The molecule has 92 valence electrons. The van der Waals surface area contributed by atoms with Crippen LogP contribution in [0.4, 0.5) is 0 Å². The number of hydrogen-bond acceptors (Lipinski definition) is 3. The average Bonchev–Trinajstić information content (AvgIpc) is 2.89. The van der Waals surface area contributed by atoms with E-state index in [1.54, 1.807) is 24.8 Å². The van der Waals surface area contributed by atoms with E-state index in [4.69, 9.17) is 10.00 Å². The van der Waals surface area contributed by atoms with Crippen molar-refractivity contribution in [2.24, 2.45) is 0 Å². The second kappa shape index (κ2) is 4.95. The van der Waals surface area contributed by atoms with Gasteiger partial charge in [0.15, 0.2) is 0 Å². The van der Waals surface area contributed by atoms with Crippen molar-refractivity contribution in [1.29, 1.82) is 5.26 Å². The van der Waals surface area contributed by atoms with E-state index in [1.165, 1.54) is 16.7 Å². The summed E-state index contributed by atoms with van der Waals surface area (Å²) in [5.41, 5.74) is 5.28. The monoisotopic (exact) mass is 248 g/mol. The highest BCUT2D eigenvalue weighted by molar-refractivity contribution is 5.82. The van der Waals surface area contributed by atoms with Gasteiger partial charge in [-0.05, 0) is 47.8 Å². The van der Waals surface area contributed by atoms with Gasteiger partial charge in [-0.3, -0.25) is 4.98 Å². The lowest BCUT2D eigenvalue weighted by molar-refractivity contribution is 0.393. The summed E-state index contributed by atoms with van der Waals surface area (Å²) >= 11 is 0. The van der Waals surface area contributed by atoms with E-state index >= 15 is 0 Å². The number of pyridine rings is 1. The summed E-state index contributed by atoms with van der Waals surface area (Å²) in [6, 6.07) is 7.87. The molecule has 0 aromatic carbocycles. The summed E-state index contributed by atoms with van der Waals surface area (Å²) < 4.78 is 5.20. The molecular formula is C16H12N2O. The van der Waals surface area contributed by atoms with E-state index in [-0.39, 0.29) is 0 Å². The van der Waals surface area contributed by atoms with Gasteiger partial charge < -0.3 is 4.74 Å². The molecule has 0 atom stereocenters. The molecule has 0 saturated carbocycles. The van der Waals surface area contributed by atoms with Crippen LogP contribution in [0.15, 0.2) is 65.8 Å². The number of nitriles is 1. The molecule has 2 aliphatic rings. The Morgan fingerprint density at radius 2 is 2.32 bits per heavy atom. The van der Waals surface area contributed by atoms with Crippen LogP contribution in [0.5, 0.6) is 0 Å². The van der Waals surface area contributed by atoms with Gasteiger partial charge in [0.2, 0.25) is 0 Å². The molecule has 0 spiro atoms. The van der Waals surface area contributed by atoms with Crippen molar-refractivity contribution in [2.45, 2.75) is 12.8 Å². The molecular weight excluding hydrogens is 236 g/mol. The number of allylic oxidation sites excluding steroid dienone is 6. The largest absolute Gasteiger partial charge is 0.472 e. The maximum absolute atomic E-state index is 9.02. The third-order valence-electron chi connectivity index (χ3n) is 3.31. The quantitative estimate of drug-likeness (QED) is 0.752. The van der Waals surface area contributed by atoms with E-state index in [9.17, 15) is 0 Å². The zero-order valence-corrected chi connectivity index (χ0v) is 10.3. The lowest BCUT2D eigenvalue weighted by atomic mass is 9.97. The molecule has 1 aromatic rings. The molecule has 0 N–H and O–H groups in total. The Hall–Kier alpha value is -2.60. The topological polar surface area (TPSA) is 45.9 Å². The average molecular weight is 248 g/mol. The Balaban J connectivity index is 2.11. The number of ether oxygens (including phenoxy) is 1. The number of hydrogen-bond donors (Lipinski definition) is 0. The van der Waals surface area contributed by atoms with Gasteiger partial charge in [0, 0.05) is 17.8 Å². The summed E-state index contributed by atoms with van der Waals surface area (Å²) in [6.45, 7) is 0. The third-order valence-corrected chi connectivity index (χ3v) is 3.31. The van der Waals surface area contributed by atoms with Gasteiger partial charge in [-0.2, -0.15) is 5.26 Å². The minimum atomic E-state index is 0.840. The molecule has 3 rings (SSSR count). The molecule has 0 unspecified atom stereocenters. The first-order chi connectivity index (χ1) is 9.40. The molecule has 3 heteroatoms. The second-order valence-electron chi connectivity index (χ2n) is 4.38. The van der Waals surface area contributed by atoms with E-state index in [1.807, 2.05) is 24.3 Å². The Morgan fingerprint density at radius 1 is 1.37 bits per heavy atom. The van der Waals surface area contributed by atoms with Crippen LogP contribution in [0.3, 0.4) is 0 Å². The van der Waals surface area contributed by atoms with E-state index in [0.29, 0.717) is 0 Å². The van der Waals surface area contributed by atoms with Gasteiger partial charge in [-0.1, -0.05) is 6.07 Å². The van der Waals surface area contributed by atoms with Crippen LogP contribution >= 0.6 is 0 Å². The van der Waals surface area contributed by atoms with Crippen LogP contribution < -0.4 is 0 Å². The lowest BCUT2D eigenvalue weighted by Gasteiger charge is -2.10. The predicted molar refractivity (Wildman–Crippen MR) is 72.4 cm³/mol. The molecule has 1 aliphatic carbocycles. The SMILES string of the molecule is N#CC=C(C1=C2C=COC=C2CC1)c1ccccn1. The summed E-state index contributed by atoms with van der Waals surface area (Å²) in [5.74, 6) is 0. The number of nitrogens with zero attached hydrogens (tertiary/aromatic N) is 2. The van der Waals surface area contributed by atoms with Crippen molar-refractivity contribution in [3.8, 4) is 6.07 Å². The Morgan fingerprint density at radius 3 is 3.11 bits per heavy atom. The zero-order valence-electron chi connectivity index (χ0n) is 10.3. The van der Waals surface area contributed by atoms with Crippen LogP contribution in [0, 0.1) is 11.3 Å². The predicted octanol–water partition coefficient (Wildman–Crippen LogP) is 3.51. The summed E-state index contributed by atoms with van der Waals surface area (Å²) in [4.78, 5) is 4.35. The summed E-state index contributed by atoms with van der Waals surface area (Å²) in [6.07, 6.45) is 10.6. The van der Waals surface area contributed by atoms with E-state index in [2.05, 4.69) is 11.1 Å². The molecule has 1 aromatic heterocycles. The Labute approximate surface area is 111 Å². The van der Waals surface area contributed by atoms with Crippen LogP contribution in [0.25, 0.3) is 5.57 Å². The van der Waals surface area contributed by atoms with Crippen molar-refractivity contribution in [2.75, 3.05) is 0 Å². The van der Waals surface area contributed by atoms with Crippen molar-refractivity contribution in [3.63, 3.8) is 0 Å². The molecule has 0 amide bonds. The smallest absolute Gasteiger partial charge is 0.0939 e. The molecule has 0 bridgehead atoms. The van der Waals surface area contributed by atoms with Gasteiger partial charge in [0.05, 0.1) is 24.3 Å². The van der Waals surface area contributed by atoms with Gasteiger partial charge in [-0.25, -0.2) is 0 Å². The fraction of sp³-hybridized carbons (Fsp3) is 0.125. The highest BCUT2D eigenvalue weighted by atomic mass is 16.5. The summed E-state index contributed by atoms with van der Waals surface area (Å²) in [7, 11) is 0. The number of aromatic nitrogens is 1. The number of rotatable bonds is 2. The minimum Gasteiger partial charge on any atom is -0.472 e. The molecule has 19 heavy (non-hydrogen) atoms. The Kier molecular flexibility index (Phi) is 2.99. The maximum atomic E-state index is 9.02. The van der Waals surface area contributed by atoms with Crippen LogP contribution in [0.1, 0.15) is 18.5 Å². The zero-order chi connectivity index (χ0) is 13.1. The fourth-order valence-electron chi connectivity index (χ4n) is 2.46. The first-order valence-corrected chi connectivity index (χ1v) is 6.16. The van der Waals surface area contributed by atoms with Crippen LogP contribution in [0.2, 0.25) is 0 Å². The third kappa shape index (κ3) is 2.09. The first kappa shape index (κ1) is 11.5. The number of fused-ring (bicyclic) bond motifs is 1. The standard InChI is InChI=1S/C16H12N2O/c17-8-6-15(16-3-1-2-9-18-16)14-5-4-12-11-19-10-7-13(12)14/h1-3,6-7,9-11H,4-5H2. The molecule has 3 nitrogen and oxygen atoms in total. The van der Waals surface area contributed by atoms with Crippen molar-refractivity contribution >= 4 is 5.57 Å². The molecule has 0 saturated heterocycles. The van der Waals surface area contributed by atoms with E-state index in [0.717, 1.165) is 24.1 Å². The normalized spacial score (nSPS) is 17.6. The minimum absolute atomic E-state index is 0.840. The molecule has 2 heterocycles. The van der Waals surface area contributed by atoms with Gasteiger partial charge in [0.1, 0.15) is 0 Å². The molecule has 0 radical (unpaired) electrons. The Bertz CT molecular complexity index is 658. The second-order valence-corrected chi connectivity index (χ2v) is 4.38. The van der Waals surface area contributed by atoms with E-state index < -0.39 is 0 Å². The van der Waals surface area contributed by atoms with Crippen molar-refractivity contribution in [1.82, 2.24) is 4.98 Å². The van der Waals surface area contributed by atoms with Crippen molar-refractivity contribution < 1.29 is 4.74 Å². The molecule has 0 fully saturated rings. The van der Waals surface area contributed by atoms with Gasteiger partial charge >= 0.3 is 0 Å². The fourth-order valence-corrected chi connectivity index (χ4v) is 2.46. The maximum Gasteiger partial charge on any atom is 0.0939 e. The van der Waals surface area contributed by atoms with Crippen molar-refractivity contribution in [3.05, 3.63) is 71.5 Å². The van der Waals surface area contributed by atoms with Gasteiger partial charge in [-0.15, -0.1) is 0 Å². The van der Waals surface area contributed by atoms with Crippen LogP contribution in [-0.2, 0) is 4.74 Å². The van der Waals surface area contributed by atoms with Gasteiger partial charge in [0.25, 0.3) is 0 Å².